The number of rotatable bonds is 8. The Morgan fingerprint density at radius 3 is 2.29 bits per heavy atom. The van der Waals surface area contributed by atoms with E-state index in [2.05, 4.69) is 15.9 Å². The summed E-state index contributed by atoms with van der Waals surface area (Å²) in [6.45, 7) is 0.160. The van der Waals surface area contributed by atoms with Crippen molar-refractivity contribution >= 4 is 51.0 Å². The van der Waals surface area contributed by atoms with Crippen LogP contribution in [0.15, 0.2) is 77.3 Å². The summed E-state index contributed by atoms with van der Waals surface area (Å²) in [4.78, 5) is 27.0. The second-order valence-corrected chi connectivity index (χ2v) is 8.87. The molecule has 7 heteroatoms. The number of carboxylic acids is 1. The number of aliphatic carboxylic acids is 1. The SMILES string of the molecule is O=C(O)[C@H](Cc1ccccc1)N(Cc1cccc(Br)c1)C(=O)Cc1ccc(Cl)cc1Cl. The van der Waals surface area contributed by atoms with Gasteiger partial charge in [-0.15, -0.1) is 0 Å². The molecule has 0 aliphatic carbocycles. The molecule has 160 valence electrons. The number of halogens is 3. The first kappa shape index (κ1) is 23.3. The maximum Gasteiger partial charge on any atom is 0.326 e. The fraction of sp³-hybridized carbons (Fsp3) is 0.167. The average molecular weight is 521 g/mol. The fourth-order valence-electron chi connectivity index (χ4n) is 3.30. The molecule has 4 nitrogen and oxygen atoms in total. The van der Waals surface area contributed by atoms with Crippen LogP contribution in [0.3, 0.4) is 0 Å². The molecule has 1 N–H and O–H groups in total. The minimum absolute atomic E-state index is 0.0252. The van der Waals surface area contributed by atoms with Gasteiger partial charge in [0.05, 0.1) is 6.42 Å². The Bertz CT molecular complexity index is 1080. The van der Waals surface area contributed by atoms with E-state index in [0.29, 0.717) is 15.6 Å². The fourth-order valence-corrected chi connectivity index (χ4v) is 4.22. The third-order valence-corrected chi connectivity index (χ3v) is 5.93. The van der Waals surface area contributed by atoms with Crippen LogP contribution < -0.4 is 0 Å². The smallest absolute Gasteiger partial charge is 0.326 e. The summed E-state index contributed by atoms with van der Waals surface area (Å²) in [5, 5.41) is 10.8. The molecule has 0 fully saturated rings. The Morgan fingerprint density at radius 1 is 0.935 bits per heavy atom. The van der Waals surface area contributed by atoms with Crippen LogP contribution in [0.4, 0.5) is 0 Å². The van der Waals surface area contributed by atoms with Crippen molar-refractivity contribution in [2.75, 3.05) is 0 Å². The zero-order valence-corrected chi connectivity index (χ0v) is 19.6. The summed E-state index contributed by atoms with van der Waals surface area (Å²) >= 11 is 15.6. The molecule has 3 aromatic carbocycles. The summed E-state index contributed by atoms with van der Waals surface area (Å²) in [6.07, 6.45) is 0.173. The van der Waals surface area contributed by atoms with E-state index in [0.717, 1.165) is 15.6 Å². The second-order valence-electron chi connectivity index (χ2n) is 7.11. The lowest BCUT2D eigenvalue weighted by Gasteiger charge is -2.30. The molecule has 0 unspecified atom stereocenters. The highest BCUT2D eigenvalue weighted by Gasteiger charge is 2.30. The van der Waals surface area contributed by atoms with Crippen LogP contribution in [-0.2, 0) is 29.0 Å². The van der Waals surface area contributed by atoms with Crippen molar-refractivity contribution in [2.45, 2.75) is 25.4 Å². The molecule has 0 aliphatic rings. The number of amides is 1. The van der Waals surface area contributed by atoms with Gasteiger partial charge in [-0.05, 0) is 41.0 Å². The highest BCUT2D eigenvalue weighted by atomic mass is 79.9. The van der Waals surface area contributed by atoms with Gasteiger partial charge in [-0.2, -0.15) is 0 Å². The van der Waals surface area contributed by atoms with Crippen molar-refractivity contribution in [1.82, 2.24) is 4.90 Å². The first-order valence-corrected chi connectivity index (χ1v) is 11.1. The zero-order valence-electron chi connectivity index (χ0n) is 16.5. The molecular formula is C24H20BrCl2NO3. The van der Waals surface area contributed by atoms with Crippen LogP contribution >= 0.6 is 39.1 Å². The molecule has 0 aromatic heterocycles. The Morgan fingerprint density at radius 2 is 1.65 bits per heavy atom. The van der Waals surface area contributed by atoms with Crippen LogP contribution in [0.5, 0.6) is 0 Å². The predicted octanol–water partition coefficient (Wildman–Crippen LogP) is 6.02. The van der Waals surface area contributed by atoms with E-state index < -0.39 is 12.0 Å². The number of carbonyl (C=O) groups excluding carboxylic acids is 1. The quantitative estimate of drug-likeness (QED) is 0.395. The second kappa shape index (κ2) is 10.8. The molecule has 3 aromatic rings. The van der Waals surface area contributed by atoms with E-state index in [1.54, 1.807) is 18.2 Å². The van der Waals surface area contributed by atoms with E-state index >= 15 is 0 Å². The number of carboxylic acid groups (broad SMARTS) is 1. The summed E-state index contributed by atoms with van der Waals surface area (Å²) in [5.41, 5.74) is 2.26. The van der Waals surface area contributed by atoms with Crippen LogP contribution in [0.2, 0.25) is 10.0 Å². The minimum Gasteiger partial charge on any atom is -0.480 e. The lowest BCUT2D eigenvalue weighted by Crippen LogP contribution is -2.46. The van der Waals surface area contributed by atoms with Crippen molar-refractivity contribution in [3.8, 4) is 0 Å². The molecule has 1 atom stereocenters. The van der Waals surface area contributed by atoms with E-state index in [4.69, 9.17) is 23.2 Å². The first-order valence-electron chi connectivity index (χ1n) is 9.58. The van der Waals surface area contributed by atoms with Gasteiger partial charge in [-0.1, -0.05) is 87.7 Å². The number of nitrogens with zero attached hydrogens (tertiary/aromatic N) is 1. The normalized spacial score (nSPS) is 11.7. The van der Waals surface area contributed by atoms with Crippen LogP contribution in [-0.4, -0.2) is 27.9 Å². The predicted molar refractivity (Wildman–Crippen MR) is 126 cm³/mol. The number of benzene rings is 3. The van der Waals surface area contributed by atoms with Gasteiger partial charge < -0.3 is 10.0 Å². The summed E-state index contributed by atoms with van der Waals surface area (Å²) in [5.74, 6) is -1.39. The van der Waals surface area contributed by atoms with Gasteiger partial charge in [0.1, 0.15) is 6.04 Å². The van der Waals surface area contributed by atoms with E-state index in [-0.39, 0.29) is 25.3 Å². The maximum absolute atomic E-state index is 13.3. The van der Waals surface area contributed by atoms with E-state index in [1.807, 2.05) is 54.6 Å². The molecule has 0 saturated heterocycles. The van der Waals surface area contributed by atoms with Gasteiger partial charge >= 0.3 is 5.97 Å². The molecule has 0 heterocycles. The van der Waals surface area contributed by atoms with Gasteiger partial charge in [-0.25, -0.2) is 4.79 Å². The van der Waals surface area contributed by atoms with Gasteiger partial charge in [-0.3, -0.25) is 4.79 Å². The third-order valence-electron chi connectivity index (χ3n) is 4.85. The molecule has 1 amide bonds. The maximum atomic E-state index is 13.3. The Kier molecular flexibility index (Phi) is 8.13. The largest absolute Gasteiger partial charge is 0.480 e. The first-order chi connectivity index (χ1) is 14.8. The van der Waals surface area contributed by atoms with Gasteiger partial charge in [0, 0.05) is 27.5 Å². The number of carbonyl (C=O) groups is 2. The topological polar surface area (TPSA) is 57.6 Å². The van der Waals surface area contributed by atoms with Crippen molar-refractivity contribution < 1.29 is 14.7 Å². The van der Waals surface area contributed by atoms with E-state index in [1.165, 1.54) is 4.90 Å². The van der Waals surface area contributed by atoms with Gasteiger partial charge in [0.2, 0.25) is 5.91 Å². The lowest BCUT2D eigenvalue weighted by atomic mass is 10.0. The lowest BCUT2D eigenvalue weighted by molar-refractivity contribution is -0.150. The zero-order chi connectivity index (χ0) is 22.4. The minimum atomic E-state index is -1.06. The monoisotopic (exact) mass is 519 g/mol. The highest BCUT2D eigenvalue weighted by Crippen LogP contribution is 2.24. The van der Waals surface area contributed by atoms with E-state index in [9.17, 15) is 14.7 Å². The van der Waals surface area contributed by atoms with Crippen molar-refractivity contribution in [1.29, 1.82) is 0 Å². The average Bonchev–Trinajstić information content (AvgIpc) is 2.73. The highest BCUT2D eigenvalue weighted by molar-refractivity contribution is 9.10. The summed E-state index contributed by atoms with van der Waals surface area (Å²) in [7, 11) is 0. The third kappa shape index (κ3) is 6.57. The van der Waals surface area contributed by atoms with Crippen molar-refractivity contribution in [3.05, 3.63) is 104 Å². The molecule has 0 spiro atoms. The Balaban J connectivity index is 1.93. The number of hydrogen-bond acceptors (Lipinski definition) is 2. The summed E-state index contributed by atoms with van der Waals surface area (Å²) in [6, 6.07) is 20.6. The van der Waals surface area contributed by atoms with Crippen LogP contribution in [0, 0.1) is 0 Å². The summed E-state index contributed by atoms with van der Waals surface area (Å²) < 4.78 is 0.855. The molecular weight excluding hydrogens is 501 g/mol. The Labute approximate surface area is 199 Å². The molecule has 0 radical (unpaired) electrons. The molecule has 0 aliphatic heterocycles. The van der Waals surface area contributed by atoms with Crippen molar-refractivity contribution in [3.63, 3.8) is 0 Å². The van der Waals surface area contributed by atoms with Gasteiger partial charge in [0.25, 0.3) is 0 Å². The standard InChI is InChI=1S/C24H20BrCl2NO3/c25-19-8-4-7-17(11-19)15-28(22(24(30)31)12-16-5-2-1-3-6-16)23(29)13-18-9-10-20(26)14-21(18)27/h1-11,14,22H,12-13,15H2,(H,30,31)/t22-/m0/s1. The Hall–Kier alpha value is -2.34. The molecule has 0 bridgehead atoms. The van der Waals surface area contributed by atoms with Crippen LogP contribution in [0.1, 0.15) is 16.7 Å². The van der Waals surface area contributed by atoms with Crippen LogP contribution in [0.25, 0.3) is 0 Å². The molecule has 3 rings (SSSR count). The van der Waals surface area contributed by atoms with Gasteiger partial charge in [0.15, 0.2) is 0 Å². The molecule has 0 saturated carbocycles. The van der Waals surface area contributed by atoms with Crippen molar-refractivity contribution in [2.24, 2.45) is 0 Å². The number of hydrogen-bond donors (Lipinski definition) is 1. The molecule has 31 heavy (non-hydrogen) atoms.